The van der Waals surface area contributed by atoms with Crippen molar-refractivity contribution in [3.8, 4) is 0 Å². The first-order chi connectivity index (χ1) is 7.91. The average Bonchev–Trinajstić information content (AvgIpc) is 2.27. The maximum Gasteiger partial charge on any atom is 0.673 e. The van der Waals surface area contributed by atoms with Crippen LogP contribution in [0.15, 0.2) is 36.4 Å². The third-order valence-corrected chi connectivity index (χ3v) is 1.28. The molecule has 0 fully saturated rings. The molecule has 0 amide bonds. The molecule has 1 aromatic carbocycles. The van der Waals surface area contributed by atoms with Gasteiger partial charge in [-0.1, -0.05) is 43.3 Å². The van der Waals surface area contributed by atoms with Crippen molar-refractivity contribution in [2.45, 2.75) is 19.8 Å². The Labute approximate surface area is 98.4 Å². The van der Waals surface area contributed by atoms with Crippen LogP contribution in [-0.4, -0.2) is 13.8 Å². The van der Waals surface area contributed by atoms with Crippen molar-refractivity contribution in [2.24, 2.45) is 0 Å². The van der Waals surface area contributed by atoms with Crippen LogP contribution >= 0.6 is 0 Å². The SMILES string of the molecule is CCCC[N+]#N.F[B-](F)(F)F.c1ccccc1. The predicted molar refractivity (Wildman–Crippen MR) is 61.5 cm³/mol. The summed E-state index contributed by atoms with van der Waals surface area (Å²) in [5, 5.41) is 7.82. The summed E-state index contributed by atoms with van der Waals surface area (Å²) in [4.78, 5) is 2.93. The number of halogens is 4. The number of nitrogens with zero attached hydrogens (tertiary/aromatic N) is 2. The Kier molecular flexibility index (Phi) is 13.1. The summed E-state index contributed by atoms with van der Waals surface area (Å²) in [6.45, 7) is 2.65. The third kappa shape index (κ3) is 40.4. The van der Waals surface area contributed by atoms with Gasteiger partial charge in [-0.3, -0.25) is 0 Å². The highest BCUT2D eigenvalue weighted by molar-refractivity contribution is 6.50. The molecule has 0 saturated carbocycles. The van der Waals surface area contributed by atoms with Crippen molar-refractivity contribution in [2.75, 3.05) is 6.54 Å². The molecule has 96 valence electrons. The molecule has 2 nitrogen and oxygen atoms in total. The Morgan fingerprint density at radius 1 is 0.941 bits per heavy atom. The molecule has 0 heterocycles. The van der Waals surface area contributed by atoms with E-state index in [2.05, 4.69) is 11.9 Å². The molecular weight excluding hydrogens is 235 g/mol. The molecule has 0 spiro atoms. The molecule has 17 heavy (non-hydrogen) atoms. The second kappa shape index (κ2) is 12.5. The van der Waals surface area contributed by atoms with Crippen molar-refractivity contribution < 1.29 is 17.3 Å². The molecule has 0 aliphatic heterocycles. The van der Waals surface area contributed by atoms with E-state index >= 15 is 0 Å². The largest absolute Gasteiger partial charge is 0.673 e. The number of hydrogen-bond acceptors (Lipinski definition) is 1. The van der Waals surface area contributed by atoms with Gasteiger partial charge >= 0.3 is 13.8 Å². The summed E-state index contributed by atoms with van der Waals surface area (Å²) in [7, 11) is -6.00. The maximum atomic E-state index is 9.75. The van der Waals surface area contributed by atoms with Gasteiger partial charge in [0.25, 0.3) is 0 Å². The summed E-state index contributed by atoms with van der Waals surface area (Å²) in [6, 6.07) is 12.0. The number of unbranched alkanes of at least 4 members (excludes halogenated alkanes) is 1. The van der Waals surface area contributed by atoms with Gasteiger partial charge in [0.1, 0.15) is 4.98 Å². The molecule has 0 aromatic heterocycles. The average molecular weight is 250 g/mol. The topological polar surface area (TPSA) is 28.1 Å². The minimum Gasteiger partial charge on any atom is -0.418 e. The van der Waals surface area contributed by atoms with Crippen LogP contribution in [0.3, 0.4) is 0 Å². The van der Waals surface area contributed by atoms with E-state index in [-0.39, 0.29) is 0 Å². The van der Waals surface area contributed by atoms with Crippen LogP contribution in [0.4, 0.5) is 17.3 Å². The Hall–Kier alpha value is -1.58. The van der Waals surface area contributed by atoms with E-state index in [1.165, 1.54) is 0 Å². The summed E-state index contributed by atoms with van der Waals surface area (Å²) in [6.07, 6.45) is 2.10. The second-order valence-electron chi connectivity index (χ2n) is 2.87. The van der Waals surface area contributed by atoms with Crippen LogP contribution < -0.4 is 0 Å². The lowest BCUT2D eigenvalue weighted by Crippen LogP contribution is -2.02. The van der Waals surface area contributed by atoms with E-state index in [0.717, 1.165) is 12.8 Å². The van der Waals surface area contributed by atoms with E-state index in [0.29, 0.717) is 6.54 Å². The number of diazo groups is 1. The smallest absolute Gasteiger partial charge is 0.418 e. The van der Waals surface area contributed by atoms with Gasteiger partial charge in [0.05, 0.1) is 0 Å². The first kappa shape index (κ1) is 17.8. The van der Waals surface area contributed by atoms with Gasteiger partial charge in [-0.25, -0.2) is 0 Å². The minimum atomic E-state index is -6.00. The minimum absolute atomic E-state index is 0.594. The normalized spacial score (nSPS) is 8.94. The molecule has 0 bridgehead atoms. The fraction of sp³-hybridized carbons (Fsp3) is 0.400. The lowest BCUT2D eigenvalue weighted by molar-refractivity contribution is 0.368. The standard InChI is InChI=1S/C6H6.C4H9N2.BF4/c1-2-4-6-5-3-1;1-2-3-4-6-5;2-1(3,4)5/h1-6H;2-4H2,1H3;/q;+1;-1. The third-order valence-electron chi connectivity index (χ3n) is 1.28. The van der Waals surface area contributed by atoms with Gasteiger partial charge < -0.3 is 17.3 Å². The van der Waals surface area contributed by atoms with Crippen LogP contribution in [0.25, 0.3) is 4.98 Å². The number of benzene rings is 1. The fourth-order valence-corrected chi connectivity index (χ4v) is 0.614. The summed E-state index contributed by atoms with van der Waals surface area (Å²) >= 11 is 0. The Morgan fingerprint density at radius 2 is 1.24 bits per heavy atom. The molecule has 1 rings (SSSR count). The second-order valence-corrected chi connectivity index (χ2v) is 2.87. The molecule has 0 atom stereocenters. The molecule has 1 aromatic rings. The van der Waals surface area contributed by atoms with Crippen LogP contribution in [0.1, 0.15) is 19.8 Å². The monoisotopic (exact) mass is 250 g/mol. The van der Waals surface area contributed by atoms with E-state index in [4.69, 9.17) is 5.39 Å². The molecule has 7 heteroatoms. The Balaban J connectivity index is 0. The molecule has 0 saturated heterocycles. The first-order valence-corrected chi connectivity index (χ1v) is 5.10. The van der Waals surface area contributed by atoms with Crippen LogP contribution in [0.5, 0.6) is 0 Å². The van der Waals surface area contributed by atoms with E-state index in [1.807, 2.05) is 36.4 Å². The van der Waals surface area contributed by atoms with Crippen LogP contribution in [-0.2, 0) is 0 Å². The van der Waals surface area contributed by atoms with Gasteiger partial charge in [0.2, 0.25) is 5.39 Å². The molecule has 0 N–H and O–H groups in total. The molecule has 0 aliphatic rings. The van der Waals surface area contributed by atoms with E-state index in [1.54, 1.807) is 0 Å². The molecule has 0 radical (unpaired) electrons. The quantitative estimate of drug-likeness (QED) is 0.325. The van der Waals surface area contributed by atoms with Gasteiger partial charge in [-0.15, -0.1) is 0 Å². The highest BCUT2D eigenvalue weighted by atomic mass is 19.5. The lowest BCUT2D eigenvalue weighted by Gasteiger charge is -1.94. The first-order valence-electron chi connectivity index (χ1n) is 5.10. The van der Waals surface area contributed by atoms with E-state index in [9.17, 15) is 17.3 Å². The maximum absolute atomic E-state index is 9.75. The molecule has 0 aliphatic carbocycles. The highest BCUT2D eigenvalue weighted by Crippen LogP contribution is 2.06. The van der Waals surface area contributed by atoms with Gasteiger partial charge in [-0.05, 0) is 6.42 Å². The van der Waals surface area contributed by atoms with Crippen molar-refractivity contribution in [3.63, 3.8) is 0 Å². The van der Waals surface area contributed by atoms with Crippen molar-refractivity contribution >= 4 is 7.25 Å². The lowest BCUT2D eigenvalue weighted by atomic mass is 10.3. The van der Waals surface area contributed by atoms with Crippen LogP contribution in [0, 0.1) is 5.39 Å². The van der Waals surface area contributed by atoms with Gasteiger partial charge in [0, 0.05) is 6.42 Å². The summed E-state index contributed by atoms with van der Waals surface area (Å²) in [5.74, 6) is 0. The van der Waals surface area contributed by atoms with Gasteiger partial charge in [-0.2, -0.15) is 0 Å². The zero-order valence-corrected chi connectivity index (χ0v) is 9.57. The summed E-state index contributed by atoms with van der Waals surface area (Å²) in [5.41, 5.74) is 0. The fourth-order valence-electron chi connectivity index (χ4n) is 0.614. The Morgan fingerprint density at radius 3 is 1.35 bits per heavy atom. The van der Waals surface area contributed by atoms with Crippen molar-refractivity contribution in [1.29, 1.82) is 5.39 Å². The zero-order chi connectivity index (χ0) is 13.6. The van der Waals surface area contributed by atoms with E-state index < -0.39 is 7.25 Å². The highest BCUT2D eigenvalue weighted by Gasteiger charge is 2.20. The van der Waals surface area contributed by atoms with Crippen molar-refractivity contribution in [3.05, 3.63) is 41.4 Å². The predicted octanol–water partition coefficient (Wildman–Crippen LogP) is 4.63. The molecular formula is C10H15BF4N2. The van der Waals surface area contributed by atoms with Gasteiger partial charge in [0.15, 0.2) is 0 Å². The zero-order valence-electron chi connectivity index (χ0n) is 9.57. The molecule has 0 unspecified atom stereocenters. The van der Waals surface area contributed by atoms with Crippen molar-refractivity contribution in [1.82, 2.24) is 0 Å². The van der Waals surface area contributed by atoms with Crippen LogP contribution in [0.2, 0.25) is 0 Å². The summed E-state index contributed by atoms with van der Waals surface area (Å²) < 4.78 is 39.0. The number of hydrogen-bond donors (Lipinski definition) is 0. The Bertz CT molecular complexity index is 252. The number of rotatable bonds is 2.